The Bertz CT molecular complexity index is 618. The molecule has 1 N–H and O–H groups in total. The minimum atomic E-state index is -0.475. The first-order valence-corrected chi connectivity index (χ1v) is 7.17. The number of methoxy groups -OCH3 is 1. The van der Waals surface area contributed by atoms with Gasteiger partial charge in [0.25, 0.3) is 5.89 Å². The third kappa shape index (κ3) is 2.51. The topological polar surface area (TPSA) is 81.3 Å². The molecule has 1 saturated carbocycles. The van der Waals surface area contributed by atoms with Crippen LogP contribution in [0.1, 0.15) is 38.4 Å². The van der Waals surface area contributed by atoms with Gasteiger partial charge in [0.05, 0.1) is 11.8 Å². The van der Waals surface area contributed by atoms with E-state index >= 15 is 0 Å². The van der Waals surface area contributed by atoms with Crippen LogP contribution in [-0.2, 0) is 10.3 Å². The Morgan fingerprint density at radius 3 is 2.81 bits per heavy atom. The number of rotatable bonds is 3. The predicted octanol–water partition coefficient (Wildman–Crippen LogP) is 2.89. The number of hydrogen-bond donors (Lipinski definition) is 1. The van der Waals surface area contributed by atoms with Crippen LogP contribution in [0.25, 0.3) is 11.5 Å². The van der Waals surface area contributed by atoms with Gasteiger partial charge in [0, 0.05) is 13.3 Å². The van der Waals surface area contributed by atoms with E-state index in [9.17, 15) is 5.11 Å². The van der Waals surface area contributed by atoms with Crippen molar-refractivity contribution < 1.29 is 14.4 Å². The number of hydrogen-bond acceptors (Lipinski definition) is 6. The van der Waals surface area contributed by atoms with Crippen molar-refractivity contribution in [3.8, 4) is 17.2 Å². The zero-order valence-electron chi connectivity index (χ0n) is 12.2. The van der Waals surface area contributed by atoms with E-state index in [1.165, 1.54) is 6.20 Å². The fourth-order valence-corrected chi connectivity index (χ4v) is 2.83. The van der Waals surface area contributed by atoms with E-state index in [-0.39, 0.29) is 5.75 Å². The van der Waals surface area contributed by atoms with E-state index < -0.39 is 5.60 Å². The molecule has 6 heteroatoms. The molecular weight excluding hydrogens is 270 g/mol. The Hall–Kier alpha value is -1.95. The molecule has 2 aromatic heterocycles. The molecule has 21 heavy (non-hydrogen) atoms. The number of nitrogens with zero attached hydrogens (tertiary/aromatic N) is 3. The van der Waals surface area contributed by atoms with Gasteiger partial charge < -0.3 is 14.4 Å². The number of aromatic hydroxyl groups is 1. The maximum absolute atomic E-state index is 9.82. The van der Waals surface area contributed by atoms with Crippen LogP contribution in [0.5, 0.6) is 5.75 Å². The van der Waals surface area contributed by atoms with Gasteiger partial charge in [-0.05, 0) is 37.7 Å². The SMILES string of the molecule is COC1(c2noc(-c3ccncc3O)n2)CCC(C)CC1. The molecule has 6 nitrogen and oxygen atoms in total. The fraction of sp³-hybridized carbons (Fsp3) is 0.533. The fourth-order valence-electron chi connectivity index (χ4n) is 2.83. The van der Waals surface area contributed by atoms with Gasteiger partial charge in [-0.25, -0.2) is 0 Å². The normalized spacial score (nSPS) is 25.9. The van der Waals surface area contributed by atoms with Gasteiger partial charge >= 0.3 is 0 Å². The molecule has 3 rings (SSSR count). The van der Waals surface area contributed by atoms with Crippen molar-refractivity contribution in [2.75, 3.05) is 7.11 Å². The molecule has 0 radical (unpaired) electrons. The van der Waals surface area contributed by atoms with Gasteiger partial charge in [-0.2, -0.15) is 4.98 Å². The maximum Gasteiger partial charge on any atom is 0.261 e. The molecule has 2 heterocycles. The average molecular weight is 289 g/mol. The first kappa shape index (κ1) is 14.0. The molecule has 0 aromatic carbocycles. The van der Waals surface area contributed by atoms with Gasteiger partial charge in [-0.1, -0.05) is 12.1 Å². The molecule has 0 bridgehead atoms. The number of ether oxygens (including phenoxy) is 1. The summed E-state index contributed by atoms with van der Waals surface area (Å²) in [6.45, 7) is 2.25. The van der Waals surface area contributed by atoms with Crippen molar-refractivity contribution in [2.24, 2.45) is 5.92 Å². The lowest BCUT2D eigenvalue weighted by atomic mass is 9.79. The Labute approximate surface area is 123 Å². The Morgan fingerprint density at radius 1 is 1.38 bits per heavy atom. The van der Waals surface area contributed by atoms with Crippen LogP contribution in [-0.4, -0.2) is 27.3 Å². The van der Waals surface area contributed by atoms with Gasteiger partial charge in [0.15, 0.2) is 0 Å². The molecule has 2 aromatic rings. The second-order valence-electron chi connectivity index (χ2n) is 5.70. The number of aromatic nitrogens is 3. The third-order valence-electron chi connectivity index (χ3n) is 4.34. The lowest BCUT2D eigenvalue weighted by Gasteiger charge is -2.35. The summed E-state index contributed by atoms with van der Waals surface area (Å²) in [5.41, 5.74) is 0.0101. The molecular formula is C15H19N3O3. The highest BCUT2D eigenvalue weighted by Gasteiger charge is 2.40. The van der Waals surface area contributed by atoms with E-state index in [1.807, 2.05) is 0 Å². The second kappa shape index (κ2) is 5.44. The molecule has 0 aliphatic heterocycles. The predicted molar refractivity (Wildman–Crippen MR) is 75.5 cm³/mol. The lowest BCUT2D eigenvalue weighted by molar-refractivity contribution is -0.0609. The summed E-state index contributed by atoms with van der Waals surface area (Å²) in [5.74, 6) is 1.57. The summed E-state index contributed by atoms with van der Waals surface area (Å²) in [4.78, 5) is 8.28. The number of pyridine rings is 1. The van der Waals surface area contributed by atoms with Crippen molar-refractivity contribution >= 4 is 0 Å². The molecule has 1 aliphatic rings. The molecule has 0 unspecified atom stereocenters. The molecule has 0 atom stereocenters. The summed E-state index contributed by atoms with van der Waals surface area (Å²) in [6, 6.07) is 1.65. The van der Waals surface area contributed by atoms with Crippen molar-refractivity contribution in [1.29, 1.82) is 0 Å². The summed E-state index contributed by atoms with van der Waals surface area (Å²) in [5, 5.41) is 13.9. The molecule has 112 valence electrons. The van der Waals surface area contributed by atoms with Crippen LogP contribution in [0.3, 0.4) is 0 Å². The second-order valence-corrected chi connectivity index (χ2v) is 5.70. The monoisotopic (exact) mass is 289 g/mol. The lowest BCUT2D eigenvalue weighted by Crippen LogP contribution is -2.34. The Kier molecular flexibility index (Phi) is 3.63. The zero-order valence-corrected chi connectivity index (χ0v) is 12.2. The Balaban J connectivity index is 1.92. The van der Waals surface area contributed by atoms with E-state index in [4.69, 9.17) is 9.26 Å². The highest BCUT2D eigenvalue weighted by molar-refractivity contribution is 5.60. The minimum absolute atomic E-state index is 0.0245. The first-order valence-electron chi connectivity index (χ1n) is 7.17. The van der Waals surface area contributed by atoms with Gasteiger partial charge in [0.2, 0.25) is 5.82 Å². The van der Waals surface area contributed by atoms with Gasteiger partial charge in [0.1, 0.15) is 11.4 Å². The average Bonchev–Trinajstić information content (AvgIpc) is 2.99. The summed E-state index contributed by atoms with van der Waals surface area (Å²) >= 11 is 0. The third-order valence-corrected chi connectivity index (χ3v) is 4.34. The smallest absolute Gasteiger partial charge is 0.261 e. The standard InChI is InChI=1S/C15H19N3O3/c1-10-3-6-15(20-2,7-4-10)14-17-13(21-18-14)11-5-8-16-9-12(11)19/h5,8-10,19H,3-4,6-7H2,1-2H3. The van der Waals surface area contributed by atoms with Crippen molar-refractivity contribution in [1.82, 2.24) is 15.1 Å². The van der Waals surface area contributed by atoms with Gasteiger partial charge in [-0.15, -0.1) is 0 Å². The zero-order chi connectivity index (χ0) is 14.9. The highest BCUT2D eigenvalue weighted by Crippen LogP contribution is 2.41. The molecule has 0 spiro atoms. The van der Waals surface area contributed by atoms with Crippen LogP contribution >= 0.6 is 0 Å². The van der Waals surface area contributed by atoms with Crippen LogP contribution in [0, 0.1) is 5.92 Å². The van der Waals surface area contributed by atoms with Crippen LogP contribution in [0.15, 0.2) is 23.0 Å². The first-order chi connectivity index (χ1) is 10.1. The van der Waals surface area contributed by atoms with Crippen molar-refractivity contribution in [3.05, 3.63) is 24.3 Å². The van der Waals surface area contributed by atoms with Crippen LogP contribution < -0.4 is 0 Å². The summed E-state index contributed by atoms with van der Waals surface area (Å²) in [7, 11) is 1.69. The van der Waals surface area contributed by atoms with E-state index in [0.29, 0.717) is 23.2 Å². The Morgan fingerprint density at radius 2 is 2.14 bits per heavy atom. The van der Waals surface area contributed by atoms with E-state index in [1.54, 1.807) is 19.4 Å². The minimum Gasteiger partial charge on any atom is -0.505 e. The summed E-state index contributed by atoms with van der Waals surface area (Å²) < 4.78 is 11.0. The molecule has 0 amide bonds. The summed E-state index contributed by atoms with van der Waals surface area (Å²) in [6.07, 6.45) is 6.86. The quantitative estimate of drug-likeness (QED) is 0.935. The maximum atomic E-state index is 9.82. The van der Waals surface area contributed by atoms with Crippen LogP contribution in [0.2, 0.25) is 0 Å². The van der Waals surface area contributed by atoms with E-state index in [0.717, 1.165) is 25.7 Å². The van der Waals surface area contributed by atoms with Crippen molar-refractivity contribution in [2.45, 2.75) is 38.2 Å². The van der Waals surface area contributed by atoms with Gasteiger partial charge in [-0.3, -0.25) is 4.98 Å². The molecule has 1 fully saturated rings. The van der Waals surface area contributed by atoms with Crippen LogP contribution in [0.4, 0.5) is 0 Å². The van der Waals surface area contributed by atoms with Crippen molar-refractivity contribution in [3.63, 3.8) is 0 Å². The molecule has 1 aliphatic carbocycles. The molecule has 0 saturated heterocycles. The largest absolute Gasteiger partial charge is 0.505 e. The van der Waals surface area contributed by atoms with E-state index in [2.05, 4.69) is 22.0 Å². The highest BCUT2D eigenvalue weighted by atomic mass is 16.5.